The van der Waals surface area contributed by atoms with Gasteiger partial charge in [0, 0.05) is 13.7 Å². The Morgan fingerprint density at radius 1 is 1.21 bits per heavy atom. The van der Waals surface area contributed by atoms with Crippen LogP contribution in [0.3, 0.4) is 0 Å². The molecule has 0 bridgehead atoms. The van der Waals surface area contributed by atoms with Crippen molar-refractivity contribution < 1.29 is 17.7 Å². The Kier molecular flexibility index (Phi) is 7.05. The highest BCUT2D eigenvalue weighted by Gasteiger charge is 2.11. The fourth-order valence-electron chi connectivity index (χ4n) is 2.14. The average molecular weight is 286 g/mol. The van der Waals surface area contributed by atoms with E-state index in [-0.39, 0.29) is 5.75 Å². The van der Waals surface area contributed by atoms with Crippen LogP contribution in [0.15, 0.2) is 30.3 Å². The normalized spacial score (nSPS) is 13.4. The lowest BCUT2D eigenvalue weighted by atomic mass is 9.95. The SMILES string of the molecule is COCC(CCCCS(=O)(=O)O)Cc1ccccc1. The molecule has 0 heterocycles. The molecule has 1 unspecified atom stereocenters. The second-order valence-corrected chi connectivity index (χ2v) is 6.36. The van der Waals surface area contributed by atoms with Crippen molar-refractivity contribution in [3.8, 4) is 0 Å². The Morgan fingerprint density at radius 2 is 1.89 bits per heavy atom. The summed E-state index contributed by atoms with van der Waals surface area (Å²) < 4.78 is 35.1. The van der Waals surface area contributed by atoms with E-state index in [4.69, 9.17) is 9.29 Å². The van der Waals surface area contributed by atoms with E-state index in [1.54, 1.807) is 7.11 Å². The Balaban J connectivity index is 2.36. The van der Waals surface area contributed by atoms with Crippen LogP contribution < -0.4 is 0 Å². The number of hydrogen-bond donors (Lipinski definition) is 1. The Bertz CT molecular complexity index is 442. The predicted octanol–water partition coefficient (Wildman–Crippen LogP) is 2.55. The molecule has 1 atom stereocenters. The summed E-state index contributed by atoms with van der Waals surface area (Å²) in [6.07, 6.45) is 3.10. The maximum absolute atomic E-state index is 10.6. The van der Waals surface area contributed by atoms with Crippen LogP contribution in [0.2, 0.25) is 0 Å². The number of rotatable bonds is 9. The highest BCUT2D eigenvalue weighted by Crippen LogP contribution is 2.16. The molecular weight excluding hydrogens is 264 g/mol. The van der Waals surface area contributed by atoms with E-state index in [0.717, 1.165) is 19.3 Å². The number of ether oxygens (including phenoxy) is 1. The number of hydrogen-bond acceptors (Lipinski definition) is 3. The van der Waals surface area contributed by atoms with E-state index in [2.05, 4.69) is 12.1 Å². The molecule has 0 aliphatic heterocycles. The van der Waals surface area contributed by atoms with Crippen molar-refractivity contribution in [3.63, 3.8) is 0 Å². The first-order valence-electron chi connectivity index (χ1n) is 6.49. The van der Waals surface area contributed by atoms with Crippen LogP contribution in [0.1, 0.15) is 24.8 Å². The zero-order valence-electron chi connectivity index (χ0n) is 11.3. The molecule has 0 saturated carbocycles. The van der Waals surface area contributed by atoms with Crippen LogP contribution in [0.4, 0.5) is 0 Å². The summed E-state index contributed by atoms with van der Waals surface area (Å²) in [6.45, 7) is 0.667. The standard InChI is InChI=1S/C14H22O4S/c1-18-12-14(9-5-6-10-19(15,16)17)11-13-7-3-2-4-8-13/h2-4,7-8,14H,5-6,9-12H2,1H3,(H,15,16,17). The molecule has 5 heteroatoms. The summed E-state index contributed by atoms with van der Waals surface area (Å²) in [5, 5.41) is 0. The van der Waals surface area contributed by atoms with Gasteiger partial charge in [-0.3, -0.25) is 4.55 Å². The van der Waals surface area contributed by atoms with Crippen LogP contribution in [-0.4, -0.2) is 32.4 Å². The lowest BCUT2D eigenvalue weighted by Gasteiger charge is -2.15. The van der Waals surface area contributed by atoms with Gasteiger partial charge in [0.05, 0.1) is 5.75 Å². The minimum absolute atomic E-state index is 0.155. The van der Waals surface area contributed by atoms with E-state index in [0.29, 0.717) is 18.9 Å². The Hall–Kier alpha value is -0.910. The van der Waals surface area contributed by atoms with E-state index >= 15 is 0 Å². The summed E-state index contributed by atoms with van der Waals surface area (Å²) in [5.41, 5.74) is 1.26. The van der Waals surface area contributed by atoms with Crippen molar-refractivity contribution in [2.75, 3.05) is 19.5 Å². The van der Waals surface area contributed by atoms with Crippen molar-refractivity contribution in [1.82, 2.24) is 0 Å². The predicted molar refractivity (Wildman–Crippen MR) is 75.8 cm³/mol. The molecule has 0 aliphatic rings. The van der Waals surface area contributed by atoms with Gasteiger partial charge in [-0.05, 0) is 30.7 Å². The topological polar surface area (TPSA) is 63.6 Å². The van der Waals surface area contributed by atoms with Gasteiger partial charge < -0.3 is 4.74 Å². The van der Waals surface area contributed by atoms with Gasteiger partial charge in [-0.25, -0.2) is 0 Å². The Labute approximate surface area is 115 Å². The molecule has 0 saturated heterocycles. The zero-order valence-corrected chi connectivity index (χ0v) is 12.1. The van der Waals surface area contributed by atoms with Gasteiger partial charge in [-0.2, -0.15) is 8.42 Å². The first kappa shape index (κ1) is 16.1. The fourth-order valence-corrected chi connectivity index (χ4v) is 2.71. The third-order valence-corrected chi connectivity index (χ3v) is 3.84. The van der Waals surface area contributed by atoms with Crippen LogP contribution >= 0.6 is 0 Å². The van der Waals surface area contributed by atoms with Gasteiger partial charge in [0.2, 0.25) is 0 Å². The van der Waals surface area contributed by atoms with Gasteiger partial charge in [0.1, 0.15) is 0 Å². The minimum Gasteiger partial charge on any atom is -0.384 e. The van der Waals surface area contributed by atoms with Gasteiger partial charge >= 0.3 is 0 Å². The second kappa shape index (κ2) is 8.30. The molecule has 0 spiro atoms. The lowest BCUT2D eigenvalue weighted by Crippen LogP contribution is -2.12. The van der Waals surface area contributed by atoms with E-state index < -0.39 is 10.1 Å². The molecule has 0 fully saturated rings. The first-order valence-corrected chi connectivity index (χ1v) is 8.10. The van der Waals surface area contributed by atoms with Crippen molar-refractivity contribution in [2.45, 2.75) is 25.7 Å². The fraction of sp³-hybridized carbons (Fsp3) is 0.571. The molecular formula is C14H22O4S. The summed E-state index contributed by atoms with van der Waals surface area (Å²) in [7, 11) is -2.15. The molecule has 1 aromatic carbocycles. The summed E-state index contributed by atoms with van der Waals surface area (Å²) in [5.74, 6) is 0.228. The van der Waals surface area contributed by atoms with E-state index in [9.17, 15) is 8.42 Å². The third-order valence-electron chi connectivity index (χ3n) is 3.03. The van der Waals surface area contributed by atoms with Crippen LogP contribution in [-0.2, 0) is 21.3 Å². The zero-order chi connectivity index (χ0) is 14.1. The second-order valence-electron chi connectivity index (χ2n) is 4.79. The summed E-state index contributed by atoms with van der Waals surface area (Å²) in [4.78, 5) is 0. The third kappa shape index (κ3) is 7.97. The molecule has 1 aromatic rings. The lowest BCUT2D eigenvalue weighted by molar-refractivity contribution is 0.146. The van der Waals surface area contributed by atoms with Gasteiger partial charge in [0.25, 0.3) is 10.1 Å². The summed E-state index contributed by atoms with van der Waals surface area (Å²) in [6, 6.07) is 10.2. The molecule has 108 valence electrons. The Morgan fingerprint density at radius 3 is 2.47 bits per heavy atom. The van der Waals surface area contributed by atoms with Gasteiger partial charge in [-0.1, -0.05) is 36.8 Å². The molecule has 19 heavy (non-hydrogen) atoms. The van der Waals surface area contributed by atoms with E-state index in [1.165, 1.54) is 5.56 Å². The molecule has 0 radical (unpaired) electrons. The highest BCUT2D eigenvalue weighted by molar-refractivity contribution is 7.85. The maximum Gasteiger partial charge on any atom is 0.264 e. The smallest absolute Gasteiger partial charge is 0.264 e. The number of methoxy groups -OCH3 is 1. The molecule has 0 aliphatic carbocycles. The number of benzene rings is 1. The highest BCUT2D eigenvalue weighted by atomic mass is 32.2. The van der Waals surface area contributed by atoms with Crippen molar-refractivity contribution in [2.24, 2.45) is 5.92 Å². The first-order chi connectivity index (χ1) is 9.01. The largest absolute Gasteiger partial charge is 0.384 e. The molecule has 0 amide bonds. The minimum atomic E-state index is -3.82. The summed E-state index contributed by atoms with van der Waals surface area (Å²) >= 11 is 0. The monoisotopic (exact) mass is 286 g/mol. The molecule has 0 aromatic heterocycles. The van der Waals surface area contributed by atoms with Crippen LogP contribution in [0.5, 0.6) is 0 Å². The van der Waals surface area contributed by atoms with Crippen LogP contribution in [0.25, 0.3) is 0 Å². The molecule has 1 rings (SSSR count). The molecule has 4 nitrogen and oxygen atoms in total. The van der Waals surface area contributed by atoms with Gasteiger partial charge in [0.15, 0.2) is 0 Å². The molecule has 1 N–H and O–H groups in total. The quantitative estimate of drug-likeness (QED) is 0.560. The van der Waals surface area contributed by atoms with Gasteiger partial charge in [-0.15, -0.1) is 0 Å². The average Bonchev–Trinajstić information content (AvgIpc) is 2.35. The van der Waals surface area contributed by atoms with Crippen molar-refractivity contribution in [1.29, 1.82) is 0 Å². The van der Waals surface area contributed by atoms with Crippen molar-refractivity contribution in [3.05, 3.63) is 35.9 Å². The van der Waals surface area contributed by atoms with E-state index in [1.807, 2.05) is 18.2 Å². The van der Waals surface area contributed by atoms with Crippen LogP contribution in [0, 0.1) is 5.92 Å². The number of unbranched alkanes of at least 4 members (excludes halogenated alkanes) is 1. The maximum atomic E-state index is 10.6. The van der Waals surface area contributed by atoms with Crippen molar-refractivity contribution >= 4 is 10.1 Å².